The molecule has 3 heteroatoms. The first kappa shape index (κ1) is 14.6. The molecule has 1 saturated heterocycles. The van der Waals surface area contributed by atoms with Gasteiger partial charge in [0.25, 0.3) is 0 Å². The first-order valence-electron chi connectivity index (χ1n) is 8.31. The first-order chi connectivity index (χ1) is 11.3. The number of fused-ring (bicyclic) bond motifs is 2. The van der Waals surface area contributed by atoms with Crippen molar-refractivity contribution in [1.82, 2.24) is 9.88 Å². The van der Waals surface area contributed by atoms with Crippen LogP contribution < -0.4 is 0 Å². The van der Waals surface area contributed by atoms with Crippen molar-refractivity contribution < 1.29 is 4.74 Å². The second-order valence-corrected chi connectivity index (χ2v) is 6.53. The van der Waals surface area contributed by atoms with Crippen LogP contribution in [-0.2, 0) is 11.3 Å². The van der Waals surface area contributed by atoms with E-state index >= 15 is 0 Å². The highest BCUT2D eigenvalue weighted by atomic mass is 16.5. The van der Waals surface area contributed by atoms with E-state index in [0.717, 1.165) is 31.9 Å². The van der Waals surface area contributed by atoms with E-state index in [9.17, 15) is 0 Å². The van der Waals surface area contributed by atoms with E-state index in [-0.39, 0.29) is 0 Å². The molecule has 2 aromatic rings. The lowest BCUT2D eigenvalue weighted by molar-refractivity contribution is -0.0403. The van der Waals surface area contributed by atoms with Gasteiger partial charge in [-0.2, -0.15) is 0 Å². The topological polar surface area (TPSA) is 25.4 Å². The summed E-state index contributed by atoms with van der Waals surface area (Å²) in [5.74, 6) is 0. The molecular formula is C20H22N2O. The van der Waals surface area contributed by atoms with Gasteiger partial charge < -0.3 is 4.74 Å². The number of nitrogens with zero attached hydrogens (tertiary/aromatic N) is 2. The number of ether oxygens (including phenoxy) is 1. The van der Waals surface area contributed by atoms with Gasteiger partial charge in [-0.05, 0) is 36.1 Å². The molecular weight excluding hydrogens is 284 g/mol. The van der Waals surface area contributed by atoms with Crippen LogP contribution in [0.5, 0.6) is 0 Å². The smallest absolute Gasteiger partial charge is 0.0659 e. The fourth-order valence-electron chi connectivity index (χ4n) is 3.55. The molecule has 118 valence electrons. The molecule has 2 unspecified atom stereocenters. The zero-order valence-corrected chi connectivity index (χ0v) is 13.5. The highest BCUT2D eigenvalue weighted by Crippen LogP contribution is 2.32. The summed E-state index contributed by atoms with van der Waals surface area (Å²) in [4.78, 5) is 7.19. The Bertz CT molecular complexity index is 693. The molecule has 2 atom stereocenters. The summed E-state index contributed by atoms with van der Waals surface area (Å²) in [6.45, 7) is 4.66. The van der Waals surface area contributed by atoms with Crippen molar-refractivity contribution in [2.24, 2.45) is 0 Å². The molecule has 1 aromatic heterocycles. The van der Waals surface area contributed by atoms with Crippen molar-refractivity contribution in [3.05, 3.63) is 71.6 Å². The summed E-state index contributed by atoms with van der Waals surface area (Å²) in [6, 6.07) is 15.8. The standard InChI is InChI=1S/C20H22N2O/c1-15-7-8-20(21-11-15)17-9-18-13-23-14-19(10-17)22(18)12-16-5-3-2-4-6-16/h2-9,11,18-19H,10,12-14H2,1H3. The van der Waals surface area contributed by atoms with E-state index in [2.05, 4.69) is 65.3 Å². The van der Waals surface area contributed by atoms with Crippen molar-refractivity contribution >= 4 is 5.57 Å². The van der Waals surface area contributed by atoms with Crippen LogP contribution in [0.2, 0.25) is 0 Å². The number of hydrogen-bond donors (Lipinski definition) is 0. The molecule has 1 fully saturated rings. The Hall–Kier alpha value is -1.97. The zero-order valence-electron chi connectivity index (χ0n) is 13.5. The second-order valence-electron chi connectivity index (χ2n) is 6.53. The zero-order chi connectivity index (χ0) is 15.6. The van der Waals surface area contributed by atoms with Crippen molar-refractivity contribution in [3.63, 3.8) is 0 Å². The average molecular weight is 306 g/mol. The minimum absolute atomic E-state index is 0.348. The van der Waals surface area contributed by atoms with Crippen molar-refractivity contribution in [2.45, 2.75) is 32.0 Å². The molecule has 2 bridgehead atoms. The fraction of sp³-hybridized carbons (Fsp3) is 0.350. The van der Waals surface area contributed by atoms with E-state index in [4.69, 9.17) is 4.74 Å². The Balaban J connectivity index is 1.59. The molecule has 0 N–H and O–H groups in total. The maximum atomic E-state index is 5.80. The highest BCUT2D eigenvalue weighted by molar-refractivity contribution is 5.65. The first-order valence-corrected chi connectivity index (χ1v) is 8.31. The number of aromatic nitrogens is 1. The number of hydrogen-bond acceptors (Lipinski definition) is 3. The van der Waals surface area contributed by atoms with E-state index < -0.39 is 0 Å². The lowest BCUT2D eigenvalue weighted by Gasteiger charge is -2.44. The Kier molecular flexibility index (Phi) is 3.98. The van der Waals surface area contributed by atoms with Crippen LogP contribution in [0.1, 0.15) is 23.2 Å². The minimum Gasteiger partial charge on any atom is -0.378 e. The van der Waals surface area contributed by atoms with Gasteiger partial charge in [0.2, 0.25) is 0 Å². The molecule has 0 saturated carbocycles. The number of pyridine rings is 1. The summed E-state index contributed by atoms with van der Waals surface area (Å²) in [5, 5.41) is 0. The Morgan fingerprint density at radius 2 is 2.00 bits per heavy atom. The van der Waals surface area contributed by atoms with Gasteiger partial charge >= 0.3 is 0 Å². The van der Waals surface area contributed by atoms with Crippen LogP contribution in [0.4, 0.5) is 0 Å². The number of benzene rings is 1. The third-order valence-corrected chi connectivity index (χ3v) is 4.79. The molecule has 2 aliphatic heterocycles. The van der Waals surface area contributed by atoms with E-state index in [1.165, 1.54) is 16.7 Å². The van der Waals surface area contributed by atoms with E-state index in [1.54, 1.807) is 0 Å². The number of rotatable bonds is 3. The molecule has 4 rings (SSSR count). The van der Waals surface area contributed by atoms with Crippen molar-refractivity contribution in [3.8, 4) is 0 Å². The predicted octanol–water partition coefficient (Wildman–Crippen LogP) is 3.45. The van der Waals surface area contributed by atoms with Crippen LogP contribution in [0, 0.1) is 6.92 Å². The lowest BCUT2D eigenvalue weighted by atomic mass is 9.91. The monoisotopic (exact) mass is 306 g/mol. The van der Waals surface area contributed by atoms with Crippen LogP contribution in [0.3, 0.4) is 0 Å². The predicted molar refractivity (Wildman–Crippen MR) is 91.9 cm³/mol. The average Bonchev–Trinajstić information content (AvgIpc) is 2.56. The molecule has 23 heavy (non-hydrogen) atoms. The minimum atomic E-state index is 0.348. The Morgan fingerprint density at radius 3 is 2.74 bits per heavy atom. The summed E-state index contributed by atoms with van der Waals surface area (Å²) in [5.41, 5.74) is 5.06. The molecule has 3 nitrogen and oxygen atoms in total. The van der Waals surface area contributed by atoms with Gasteiger partial charge in [-0.15, -0.1) is 0 Å². The maximum absolute atomic E-state index is 5.80. The van der Waals surface area contributed by atoms with Gasteiger partial charge in [0, 0.05) is 18.8 Å². The van der Waals surface area contributed by atoms with Crippen molar-refractivity contribution in [2.75, 3.05) is 13.2 Å². The van der Waals surface area contributed by atoms with Gasteiger partial charge in [-0.1, -0.05) is 42.5 Å². The molecule has 0 amide bonds. The van der Waals surface area contributed by atoms with Crippen molar-refractivity contribution in [1.29, 1.82) is 0 Å². The third-order valence-electron chi connectivity index (χ3n) is 4.79. The van der Waals surface area contributed by atoms with E-state index in [0.29, 0.717) is 12.1 Å². The fourth-order valence-corrected chi connectivity index (χ4v) is 3.55. The molecule has 0 spiro atoms. The molecule has 0 radical (unpaired) electrons. The molecule has 3 heterocycles. The second kappa shape index (κ2) is 6.26. The van der Waals surface area contributed by atoms with Crippen LogP contribution >= 0.6 is 0 Å². The van der Waals surface area contributed by atoms with Gasteiger partial charge in [0.15, 0.2) is 0 Å². The van der Waals surface area contributed by atoms with Crippen LogP contribution in [-0.4, -0.2) is 35.2 Å². The van der Waals surface area contributed by atoms with Gasteiger partial charge in [0.1, 0.15) is 0 Å². The summed E-state index contributed by atoms with van der Waals surface area (Å²) in [6.07, 6.45) is 5.33. The number of aryl methyl sites for hydroxylation is 1. The van der Waals surface area contributed by atoms with E-state index in [1.807, 2.05) is 6.20 Å². The number of morpholine rings is 1. The summed E-state index contributed by atoms with van der Waals surface area (Å²) in [7, 11) is 0. The van der Waals surface area contributed by atoms with Gasteiger partial charge in [-0.3, -0.25) is 9.88 Å². The van der Waals surface area contributed by atoms with Crippen LogP contribution in [0.15, 0.2) is 54.7 Å². The SMILES string of the molecule is Cc1ccc(C2=CC3COCC(C2)N3Cc2ccccc2)nc1. The Morgan fingerprint density at radius 1 is 1.13 bits per heavy atom. The Labute approximate surface area is 137 Å². The largest absolute Gasteiger partial charge is 0.378 e. The molecule has 2 aliphatic rings. The molecule has 0 aliphatic carbocycles. The van der Waals surface area contributed by atoms with Crippen LogP contribution in [0.25, 0.3) is 5.57 Å². The van der Waals surface area contributed by atoms with Gasteiger partial charge in [-0.25, -0.2) is 0 Å². The van der Waals surface area contributed by atoms with Gasteiger partial charge in [0.05, 0.1) is 24.9 Å². The maximum Gasteiger partial charge on any atom is 0.0659 e. The summed E-state index contributed by atoms with van der Waals surface area (Å²) >= 11 is 0. The third kappa shape index (κ3) is 3.07. The lowest BCUT2D eigenvalue weighted by Crippen LogP contribution is -2.53. The highest BCUT2D eigenvalue weighted by Gasteiger charge is 2.35. The summed E-state index contributed by atoms with van der Waals surface area (Å²) < 4.78 is 5.80. The quantitative estimate of drug-likeness (QED) is 0.868. The molecule has 1 aromatic carbocycles. The normalized spacial score (nSPS) is 24.3.